The maximum Gasteiger partial charge on any atom is 0.323 e. The van der Waals surface area contributed by atoms with Gasteiger partial charge in [0.1, 0.15) is 6.54 Å². The summed E-state index contributed by atoms with van der Waals surface area (Å²) >= 11 is 0. The molecule has 0 saturated heterocycles. The Bertz CT molecular complexity index is 293. The first kappa shape index (κ1) is 15.0. The van der Waals surface area contributed by atoms with Crippen molar-refractivity contribution in [2.45, 2.75) is 46.5 Å². The molecule has 1 N–H and O–H groups in total. The molecule has 18 heavy (non-hydrogen) atoms. The molecule has 0 aromatic heterocycles. The second-order valence-corrected chi connectivity index (χ2v) is 5.96. The van der Waals surface area contributed by atoms with E-state index in [1.807, 2.05) is 13.8 Å². The Morgan fingerprint density at radius 2 is 1.78 bits per heavy atom. The average Bonchev–Trinajstić information content (AvgIpc) is 2.27. The maximum atomic E-state index is 12.3. The summed E-state index contributed by atoms with van der Waals surface area (Å²) in [6.45, 7) is 6.60. The molecule has 1 rings (SSSR count). The van der Waals surface area contributed by atoms with E-state index in [-0.39, 0.29) is 18.4 Å². The molecule has 0 bridgehead atoms. The van der Waals surface area contributed by atoms with E-state index < -0.39 is 5.97 Å². The number of carboxylic acid groups (broad SMARTS) is 1. The van der Waals surface area contributed by atoms with Crippen LogP contribution in [-0.2, 0) is 9.59 Å². The average molecular weight is 255 g/mol. The van der Waals surface area contributed by atoms with Gasteiger partial charge in [-0.2, -0.15) is 0 Å². The molecule has 0 unspecified atom stereocenters. The first-order valence-electron chi connectivity index (χ1n) is 6.90. The van der Waals surface area contributed by atoms with Crippen molar-refractivity contribution in [3.8, 4) is 0 Å². The minimum absolute atomic E-state index is 0.0398. The van der Waals surface area contributed by atoms with Crippen LogP contribution in [0.15, 0.2) is 0 Å². The number of nitrogens with zero attached hydrogens (tertiary/aromatic N) is 1. The number of amides is 1. The van der Waals surface area contributed by atoms with Crippen molar-refractivity contribution in [3.63, 3.8) is 0 Å². The number of hydrogen-bond acceptors (Lipinski definition) is 2. The number of carboxylic acids is 1. The molecular weight excluding hydrogens is 230 g/mol. The topological polar surface area (TPSA) is 57.6 Å². The molecule has 0 spiro atoms. The van der Waals surface area contributed by atoms with E-state index >= 15 is 0 Å². The number of aliphatic carboxylic acids is 1. The Morgan fingerprint density at radius 1 is 1.22 bits per heavy atom. The van der Waals surface area contributed by atoms with Crippen molar-refractivity contribution in [3.05, 3.63) is 0 Å². The Labute approximate surface area is 109 Å². The fraction of sp³-hybridized carbons (Fsp3) is 0.857. The molecule has 0 atom stereocenters. The molecule has 0 aliphatic heterocycles. The van der Waals surface area contributed by atoms with E-state index in [4.69, 9.17) is 5.11 Å². The predicted molar refractivity (Wildman–Crippen MR) is 70.2 cm³/mol. The van der Waals surface area contributed by atoms with Gasteiger partial charge < -0.3 is 10.0 Å². The van der Waals surface area contributed by atoms with Gasteiger partial charge in [0.15, 0.2) is 0 Å². The van der Waals surface area contributed by atoms with E-state index in [0.29, 0.717) is 18.4 Å². The van der Waals surface area contributed by atoms with Gasteiger partial charge in [-0.15, -0.1) is 0 Å². The molecule has 1 aliphatic carbocycles. The molecule has 104 valence electrons. The standard InChI is InChI=1S/C14H25NO3/c1-10(2)8-15(9-13(16)17)14(18)12-6-4-11(3)5-7-12/h10-12H,4-9H2,1-3H3,(H,16,17). The van der Waals surface area contributed by atoms with Crippen LogP contribution >= 0.6 is 0 Å². The Morgan fingerprint density at radius 3 is 2.22 bits per heavy atom. The Balaban J connectivity index is 2.60. The summed E-state index contributed by atoms with van der Waals surface area (Å²) in [6, 6.07) is 0. The van der Waals surface area contributed by atoms with Crippen molar-refractivity contribution in [1.29, 1.82) is 0 Å². The van der Waals surface area contributed by atoms with Crippen LogP contribution in [0.25, 0.3) is 0 Å². The molecule has 4 nitrogen and oxygen atoms in total. The largest absolute Gasteiger partial charge is 0.480 e. The van der Waals surface area contributed by atoms with Gasteiger partial charge in [-0.1, -0.05) is 20.8 Å². The van der Waals surface area contributed by atoms with Gasteiger partial charge in [0, 0.05) is 12.5 Å². The molecule has 0 heterocycles. The maximum absolute atomic E-state index is 12.3. The summed E-state index contributed by atoms with van der Waals surface area (Å²) in [5, 5.41) is 8.89. The first-order chi connectivity index (χ1) is 8.40. The van der Waals surface area contributed by atoms with Gasteiger partial charge in [-0.25, -0.2) is 0 Å². The van der Waals surface area contributed by atoms with Crippen LogP contribution in [0.1, 0.15) is 46.5 Å². The normalized spacial score (nSPS) is 24.0. The zero-order valence-corrected chi connectivity index (χ0v) is 11.7. The third kappa shape index (κ3) is 4.67. The molecule has 1 amide bonds. The zero-order chi connectivity index (χ0) is 13.7. The second-order valence-electron chi connectivity index (χ2n) is 5.96. The van der Waals surface area contributed by atoms with Gasteiger partial charge in [0.05, 0.1) is 0 Å². The molecule has 4 heteroatoms. The second kappa shape index (κ2) is 6.76. The molecule has 0 aromatic carbocycles. The number of hydrogen-bond donors (Lipinski definition) is 1. The quantitative estimate of drug-likeness (QED) is 0.820. The highest BCUT2D eigenvalue weighted by molar-refractivity contribution is 5.83. The summed E-state index contributed by atoms with van der Waals surface area (Å²) in [5.74, 6) is 0.161. The Kier molecular flexibility index (Phi) is 5.63. The smallest absolute Gasteiger partial charge is 0.323 e. The lowest BCUT2D eigenvalue weighted by Crippen LogP contribution is -2.42. The fourth-order valence-electron chi connectivity index (χ4n) is 2.60. The lowest BCUT2D eigenvalue weighted by molar-refractivity contribution is -0.147. The minimum atomic E-state index is -0.923. The molecule has 1 saturated carbocycles. The van der Waals surface area contributed by atoms with E-state index in [1.165, 1.54) is 4.90 Å². The SMILES string of the molecule is CC(C)CN(CC(=O)O)C(=O)C1CCC(C)CC1. The van der Waals surface area contributed by atoms with E-state index in [2.05, 4.69) is 6.92 Å². The molecule has 1 aliphatic rings. The van der Waals surface area contributed by atoms with Crippen LogP contribution in [0.5, 0.6) is 0 Å². The zero-order valence-electron chi connectivity index (χ0n) is 11.7. The number of rotatable bonds is 5. The highest BCUT2D eigenvalue weighted by atomic mass is 16.4. The van der Waals surface area contributed by atoms with Crippen LogP contribution < -0.4 is 0 Å². The van der Waals surface area contributed by atoms with Crippen molar-refractivity contribution in [1.82, 2.24) is 4.90 Å². The third-order valence-corrected chi connectivity index (χ3v) is 3.59. The summed E-state index contributed by atoms with van der Waals surface area (Å²) < 4.78 is 0. The van der Waals surface area contributed by atoms with Crippen LogP contribution in [0.3, 0.4) is 0 Å². The Hall–Kier alpha value is -1.06. The lowest BCUT2D eigenvalue weighted by atomic mass is 9.82. The fourth-order valence-corrected chi connectivity index (χ4v) is 2.60. The van der Waals surface area contributed by atoms with Gasteiger partial charge in [0.2, 0.25) is 5.91 Å². The van der Waals surface area contributed by atoms with Crippen molar-refractivity contribution in [2.24, 2.45) is 17.8 Å². The third-order valence-electron chi connectivity index (χ3n) is 3.59. The number of carbonyl (C=O) groups excluding carboxylic acids is 1. The van der Waals surface area contributed by atoms with Crippen LogP contribution in [0.2, 0.25) is 0 Å². The highest BCUT2D eigenvalue weighted by Gasteiger charge is 2.29. The van der Waals surface area contributed by atoms with Crippen LogP contribution in [0, 0.1) is 17.8 Å². The van der Waals surface area contributed by atoms with Gasteiger partial charge >= 0.3 is 5.97 Å². The predicted octanol–water partition coefficient (Wildman–Crippen LogP) is 2.38. The monoisotopic (exact) mass is 255 g/mol. The molecular formula is C14H25NO3. The molecule has 1 fully saturated rings. The van der Waals surface area contributed by atoms with E-state index in [0.717, 1.165) is 25.7 Å². The highest BCUT2D eigenvalue weighted by Crippen LogP contribution is 2.29. The van der Waals surface area contributed by atoms with Gasteiger partial charge in [-0.3, -0.25) is 9.59 Å². The summed E-state index contributed by atoms with van der Waals surface area (Å²) in [4.78, 5) is 24.7. The van der Waals surface area contributed by atoms with Gasteiger partial charge in [-0.05, 0) is 37.5 Å². The van der Waals surface area contributed by atoms with Crippen LogP contribution in [0.4, 0.5) is 0 Å². The first-order valence-corrected chi connectivity index (χ1v) is 6.90. The van der Waals surface area contributed by atoms with E-state index in [1.54, 1.807) is 0 Å². The summed E-state index contributed by atoms with van der Waals surface area (Å²) in [5.41, 5.74) is 0. The summed E-state index contributed by atoms with van der Waals surface area (Å²) in [7, 11) is 0. The molecule has 0 aromatic rings. The van der Waals surface area contributed by atoms with Crippen LogP contribution in [-0.4, -0.2) is 35.0 Å². The van der Waals surface area contributed by atoms with Crippen molar-refractivity contribution in [2.75, 3.05) is 13.1 Å². The minimum Gasteiger partial charge on any atom is -0.480 e. The lowest BCUT2D eigenvalue weighted by Gasteiger charge is -2.31. The number of carbonyl (C=O) groups is 2. The van der Waals surface area contributed by atoms with E-state index in [9.17, 15) is 9.59 Å². The van der Waals surface area contributed by atoms with Crippen molar-refractivity contribution < 1.29 is 14.7 Å². The van der Waals surface area contributed by atoms with Crippen molar-refractivity contribution >= 4 is 11.9 Å². The van der Waals surface area contributed by atoms with Gasteiger partial charge in [0.25, 0.3) is 0 Å². The summed E-state index contributed by atoms with van der Waals surface area (Å²) in [6.07, 6.45) is 3.99. The molecule has 0 radical (unpaired) electrons.